The van der Waals surface area contributed by atoms with Crippen LogP contribution in [0.2, 0.25) is 0 Å². The molecule has 7 nitrogen and oxygen atoms in total. The van der Waals surface area contributed by atoms with E-state index in [1.54, 1.807) is 20.5 Å². The molecule has 0 saturated carbocycles. The van der Waals surface area contributed by atoms with Gasteiger partial charge in [0.2, 0.25) is 0 Å². The molecule has 0 unspecified atom stereocenters. The maximum atomic E-state index is 6.09. The second-order valence-electron chi connectivity index (χ2n) is 6.74. The summed E-state index contributed by atoms with van der Waals surface area (Å²) in [6.45, 7) is 1.80. The molecule has 32 heavy (non-hydrogen) atoms. The van der Waals surface area contributed by atoms with Crippen LogP contribution in [0.3, 0.4) is 0 Å². The molecule has 0 aliphatic rings. The number of ether oxygens (including phenoxy) is 4. The van der Waals surface area contributed by atoms with E-state index in [4.69, 9.17) is 25.4 Å². The average Bonchev–Trinajstić information content (AvgIpc) is 2.83. The Hall–Kier alpha value is -2.61. The number of terminal acetylenes is 1. The normalized spacial score (nSPS) is 10.8. The number of halogens is 1. The second-order valence-corrected chi connectivity index (χ2v) is 8.89. The summed E-state index contributed by atoms with van der Waals surface area (Å²) in [7, 11) is 5.26. The van der Waals surface area contributed by atoms with Crippen molar-refractivity contribution in [2.75, 3.05) is 57.5 Å². The number of rotatable bonds is 11. The Morgan fingerprint density at radius 1 is 1.03 bits per heavy atom. The number of aromatic nitrogens is 2. The van der Waals surface area contributed by atoms with Crippen molar-refractivity contribution in [2.24, 2.45) is 0 Å². The van der Waals surface area contributed by atoms with Crippen LogP contribution in [0, 0.1) is 15.9 Å². The molecule has 0 saturated heterocycles. The fraction of sp³-hybridized carbons (Fsp3) is 0.333. The average molecular weight is 548 g/mol. The van der Waals surface area contributed by atoms with Crippen LogP contribution in [-0.4, -0.2) is 62.6 Å². The Morgan fingerprint density at radius 3 is 2.47 bits per heavy atom. The van der Waals surface area contributed by atoms with Crippen molar-refractivity contribution < 1.29 is 40.2 Å². The van der Waals surface area contributed by atoms with Crippen LogP contribution in [0.5, 0.6) is 11.5 Å². The Bertz CT molecular complexity index is 1100. The molecule has 1 aromatic heterocycles. The van der Waals surface area contributed by atoms with E-state index in [1.165, 1.54) is 0 Å². The number of alkyl halides is 1. The predicted octanol–water partition coefficient (Wildman–Crippen LogP) is 0.318. The van der Waals surface area contributed by atoms with Gasteiger partial charge in [-0.1, -0.05) is 0 Å². The van der Waals surface area contributed by atoms with Crippen LogP contribution in [0.1, 0.15) is 5.56 Å². The van der Waals surface area contributed by atoms with Gasteiger partial charge in [-0.25, -0.2) is 0 Å². The molecule has 3 rings (SSSR count). The zero-order chi connectivity index (χ0) is 22.9. The summed E-state index contributed by atoms with van der Waals surface area (Å²) in [4.78, 5) is 13.4. The molecule has 0 spiro atoms. The SMILES string of the molecule is C#Cc1cccc(N(C)c2ncnc3c([I-]C)c(OCCOC)c(OCCOC)cc23)c1. The van der Waals surface area contributed by atoms with Gasteiger partial charge in [-0.2, -0.15) is 0 Å². The first-order valence-corrected chi connectivity index (χ1v) is 13.2. The molecule has 0 fully saturated rings. The monoisotopic (exact) mass is 548 g/mol. The molecule has 0 aliphatic heterocycles. The molecule has 0 amide bonds. The number of hydrogen-bond acceptors (Lipinski definition) is 7. The Balaban J connectivity index is 2.14. The van der Waals surface area contributed by atoms with Crippen LogP contribution in [0.25, 0.3) is 10.9 Å². The minimum atomic E-state index is -0.382. The molecule has 170 valence electrons. The third-order valence-electron chi connectivity index (χ3n) is 4.76. The fourth-order valence-electron chi connectivity index (χ4n) is 3.18. The van der Waals surface area contributed by atoms with Gasteiger partial charge in [-0.3, -0.25) is 0 Å². The number of nitrogens with zero attached hydrogens (tertiary/aromatic N) is 3. The van der Waals surface area contributed by atoms with E-state index in [1.807, 2.05) is 42.3 Å². The quantitative estimate of drug-likeness (QED) is 0.148. The van der Waals surface area contributed by atoms with E-state index >= 15 is 0 Å². The van der Waals surface area contributed by atoms with E-state index in [9.17, 15) is 0 Å². The molecule has 0 radical (unpaired) electrons. The zero-order valence-electron chi connectivity index (χ0n) is 18.7. The van der Waals surface area contributed by atoms with Crippen molar-refractivity contribution >= 4 is 22.4 Å². The second kappa shape index (κ2) is 11.9. The van der Waals surface area contributed by atoms with E-state index in [0.29, 0.717) is 32.2 Å². The Labute approximate surface area is 199 Å². The van der Waals surface area contributed by atoms with Crippen LogP contribution in [0.15, 0.2) is 36.7 Å². The van der Waals surface area contributed by atoms with E-state index < -0.39 is 0 Å². The van der Waals surface area contributed by atoms with Crippen molar-refractivity contribution in [2.45, 2.75) is 0 Å². The van der Waals surface area contributed by atoms with E-state index in [-0.39, 0.29) is 21.2 Å². The number of methoxy groups -OCH3 is 2. The molecule has 0 bridgehead atoms. The summed E-state index contributed by atoms with van der Waals surface area (Å²) in [5.74, 6) is 4.83. The molecule has 8 heteroatoms. The molecule has 0 atom stereocenters. The van der Waals surface area contributed by atoms with Crippen molar-refractivity contribution in [3.63, 3.8) is 0 Å². The maximum absolute atomic E-state index is 6.09. The Morgan fingerprint density at radius 2 is 1.78 bits per heavy atom. The van der Waals surface area contributed by atoms with Gasteiger partial charge in [0.15, 0.2) is 0 Å². The van der Waals surface area contributed by atoms with E-state index in [2.05, 4.69) is 20.8 Å². The molecule has 0 aliphatic carbocycles. The van der Waals surface area contributed by atoms with Gasteiger partial charge in [0.1, 0.15) is 0 Å². The summed E-state index contributed by atoms with van der Waals surface area (Å²) in [6.07, 6.45) is 7.18. The predicted molar refractivity (Wildman–Crippen MR) is 121 cm³/mol. The van der Waals surface area contributed by atoms with Gasteiger partial charge >= 0.3 is 200 Å². The minimum absolute atomic E-state index is 0.382. The van der Waals surface area contributed by atoms with Crippen LogP contribution in [-0.2, 0) is 9.47 Å². The molecule has 2 aromatic carbocycles. The number of benzene rings is 2. The van der Waals surface area contributed by atoms with Gasteiger partial charge in [0, 0.05) is 0 Å². The van der Waals surface area contributed by atoms with Crippen molar-refractivity contribution in [1.29, 1.82) is 0 Å². The molecule has 0 N–H and O–H groups in total. The summed E-state index contributed by atoms with van der Waals surface area (Å²) >= 11 is -0.382. The van der Waals surface area contributed by atoms with Gasteiger partial charge < -0.3 is 0 Å². The number of anilines is 2. The first-order chi connectivity index (χ1) is 15.6. The topological polar surface area (TPSA) is 65.9 Å². The van der Waals surface area contributed by atoms with Crippen molar-refractivity contribution in [1.82, 2.24) is 9.97 Å². The molecular weight excluding hydrogens is 521 g/mol. The summed E-state index contributed by atoms with van der Waals surface area (Å²) in [5.41, 5.74) is 2.62. The van der Waals surface area contributed by atoms with Crippen molar-refractivity contribution in [3.8, 4) is 23.8 Å². The molecular formula is C24H27IN3O4-. The molecule has 1 heterocycles. The number of fused-ring (bicyclic) bond motifs is 1. The summed E-state index contributed by atoms with van der Waals surface area (Å²) in [5, 5.41) is 0.893. The van der Waals surface area contributed by atoms with Crippen LogP contribution in [0.4, 0.5) is 11.5 Å². The third kappa shape index (κ3) is 5.41. The number of hydrogen-bond donors (Lipinski definition) is 0. The zero-order valence-corrected chi connectivity index (χ0v) is 20.9. The fourth-order valence-corrected chi connectivity index (χ4v) is 5.03. The van der Waals surface area contributed by atoms with Gasteiger partial charge in [0.25, 0.3) is 0 Å². The standard InChI is InChI=1S/C24H27IN3O4/c1-6-17-8-7-9-18(14-17)28(3)24-19-15-20(31-12-10-29-4)23(32-13-11-30-5)21(25-2)22(19)26-16-27-24/h1,7-9,14-16H,10-13H2,2-5H3/q-1. The van der Waals surface area contributed by atoms with Gasteiger partial charge in [-0.05, 0) is 0 Å². The van der Waals surface area contributed by atoms with Gasteiger partial charge in [0.05, 0.1) is 0 Å². The first-order valence-electron chi connectivity index (χ1n) is 9.99. The van der Waals surface area contributed by atoms with E-state index in [0.717, 1.165) is 37.3 Å². The van der Waals surface area contributed by atoms with Crippen LogP contribution < -0.4 is 35.6 Å². The summed E-state index contributed by atoms with van der Waals surface area (Å²) in [6, 6.07) is 9.75. The molecule has 3 aromatic rings. The first kappa shape index (κ1) is 24.0. The Kier molecular flexibility index (Phi) is 8.90. The van der Waals surface area contributed by atoms with Crippen molar-refractivity contribution in [3.05, 3.63) is 45.8 Å². The summed E-state index contributed by atoms with van der Waals surface area (Å²) < 4.78 is 23.5. The van der Waals surface area contributed by atoms with Gasteiger partial charge in [-0.15, -0.1) is 0 Å². The third-order valence-corrected chi connectivity index (χ3v) is 6.83. The van der Waals surface area contributed by atoms with Crippen LogP contribution >= 0.6 is 0 Å².